The van der Waals surface area contributed by atoms with Crippen LogP contribution < -0.4 is 0 Å². The number of fused-ring (bicyclic) bond motifs is 1. The zero-order chi connectivity index (χ0) is 16.5. The molecule has 0 aliphatic rings. The molecule has 0 fully saturated rings. The number of alkyl halides is 3. The molecule has 0 saturated carbocycles. The quantitative estimate of drug-likeness (QED) is 0.781. The summed E-state index contributed by atoms with van der Waals surface area (Å²) in [4.78, 5) is 21.9. The zero-order valence-electron chi connectivity index (χ0n) is 10.8. The predicted octanol–water partition coefficient (Wildman–Crippen LogP) is 2.96. The normalized spacial score (nSPS) is 9.71. The minimum atomic E-state index is -5.08. The van der Waals surface area contributed by atoms with Gasteiger partial charge in [0.1, 0.15) is 0 Å². The molecule has 1 aromatic carbocycles. The lowest BCUT2D eigenvalue weighted by molar-refractivity contribution is -0.192. The largest absolute Gasteiger partial charge is 0.490 e. The number of carboxylic acids is 2. The van der Waals surface area contributed by atoms with Crippen molar-refractivity contribution in [1.29, 1.82) is 0 Å². The first-order valence-electron chi connectivity index (χ1n) is 5.43. The van der Waals surface area contributed by atoms with Gasteiger partial charge in [-0.3, -0.25) is 9.78 Å². The number of halogens is 3. The van der Waals surface area contributed by atoms with Gasteiger partial charge < -0.3 is 10.2 Å². The van der Waals surface area contributed by atoms with Crippen LogP contribution in [0.25, 0.3) is 10.8 Å². The minimum absolute atomic E-state index is 0.833. The van der Waals surface area contributed by atoms with Gasteiger partial charge in [-0.15, -0.1) is 0 Å². The van der Waals surface area contributed by atoms with Crippen molar-refractivity contribution in [3.8, 4) is 0 Å². The van der Waals surface area contributed by atoms with Crippen LogP contribution in [0.15, 0.2) is 42.7 Å². The highest BCUT2D eigenvalue weighted by Gasteiger charge is 2.38. The second-order valence-electron chi connectivity index (χ2n) is 3.54. The summed E-state index contributed by atoms with van der Waals surface area (Å²) in [5, 5.41) is 17.0. The van der Waals surface area contributed by atoms with Crippen molar-refractivity contribution < 1.29 is 33.0 Å². The topological polar surface area (TPSA) is 87.5 Å². The fraction of sp³-hybridized carbons (Fsp3) is 0.154. The molecule has 1 heterocycles. The molecule has 2 N–H and O–H groups in total. The SMILES string of the molecule is CC(=O)O.O=C(O)C(F)(F)F.c1ccc2cnccc2c1. The highest BCUT2D eigenvalue weighted by atomic mass is 19.4. The average Bonchev–Trinajstić information content (AvgIpc) is 2.38. The van der Waals surface area contributed by atoms with Crippen molar-refractivity contribution in [3.63, 3.8) is 0 Å². The number of benzene rings is 1. The van der Waals surface area contributed by atoms with E-state index in [0.29, 0.717) is 0 Å². The second kappa shape index (κ2) is 8.51. The van der Waals surface area contributed by atoms with Crippen LogP contribution in [0.2, 0.25) is 0 Å². The van der Waals surface area contributed by atoms with Crippen molar-refractivity contribution in [2.45, 2.75) is 13.1 Å². The molecule has 0 saturated heterocycles. The number of carboxylic acid groups (broad SMARTS) is 2. The van der Waals surface area contributed by atoms with Crippen molar-refractivity contribution in [2.75, 3.05) is 0 Å². The van der Waals surface area contributed by atoms with Crippen LogP contribution in [0.4, 0.5) is 13.2 Å². The van der Waals surface area contributed by atoms with Crippen LogP contribution in [0.1, 0.15) is 6.92 Å². The van der Waals surface area contributed by atoms with E-state index in [1.165, 1.54) is 10.8 Å². The van der Waals surface area contributed by atoms with E-state index in [0.717, 1.165) is 6.92 Å². The molecule has 114 valence electrons. The Morgan fingerprint density at radius 1 is 1.05 bits per heavy atom. The number of carbonyl (C=O) groups is 2. The lowest BCUT2D eigenvalue weighted by Crippen LogP contribution is -2.21. The van der Waals surface area contributed by atoms with Crippen LogP contribution in [0.5, 0.6) is 0 Å². The summed E-state index contributed by atoms with van der Waals surface area (Å²) in [6.45, 7) is 1.08. The van der Waals surface area contributed by atoms with Gasteiger partial charge >= 0.3 is 12.1 Å². The number of rotatable bonds is 0. The summed E-state index contributed by atoms with van der Waals surface area (Å²) in [6, 6.07) is 10.2. The first kappa shape index (κ1) is 18.4. The van der Waals surface area contributed by atoms with Gasteiger partial charge in [0.05, 0.1) is 0 Å². The Labute approximate surface area is 117 Å². The van der Waals surface area contributed by atoms with Crippen molar-refractivity contribution >= 4 is 22.7 Å². The van der Waals surface area contributed by atoms with E-state index in [2.05, 4.69) is 17.1 Å². The second-order valence-corrected chi connectivity index (χ2v) is 3.54. The summed E-state index contributed by atoms with van der Waals surface area (Å²) in [6.07, 6.45) is -1.41. The molecule has 0 atom stereocenters. The Kier molecular flexibility index (Phi) is 7.44. The third kappa shape index (κ3) is 8.98. The van der Waals surface area contributed by atoms with Gasteiger partial charge in [0, 0.05) is 19.3 Å². The molecule has 0 aliphatic heterocycles. The van der Waals surface area contributed by atoms with E-state index >= 15 is 0 Å². The maximum atomic E-state index is 10.6. The van der Waals surface area contributed by atoms with Crippen LogP contribution >= 0.6 is 0 Å². The molecule has 5 nitrogen and oxygen atoms in total. The lowest BCUT2D eigenvalue weighted by atomic mass is 10.2. The molecule has 2 rings (SSSR count). The van der Waals surface area contributed by atoms with Gasteiger partial charge in [-0.05, 0) is 16.8 Å². The molecule has 0 spiro atoms. The van der Waals surface area contributed by atoms with Gasteiger partial charge in [-0.25, -0.2) is 4.79 Å². The Hall–Kier alpha value is -2.64. The third-order valence-electron chi connectivity index (χ3n) is 1.79. The molecule has 8 heteroatoms. The summed E-state index contributed by atoms with van der Waals surface area (Å²) < 4.78 is 31.7. The van der Waals surface area contributed by atoms with Crippen LogP contribution in [0.3, 0.4) is 0 Å². The molecule has 2 aromatic rings. The van der Waals surface area contributed by atoms with E-state index in [9.17, 15) is 13.2 Å². The van der Waals surface area contributed by atoms with Crippen molar-refractivity contribution in [3.05, 3.63) is 42.7 Å². The molecule has 0 amide bonds. The van der Waals surface area contributed by atoms with Gasteiger partial charge in [0.15, 0.2) is 0 Å². The molecular formula is C13H12F3NO4. The van der Waals surface area contributed by atoms with Crippen LogP contribution in [-0.2, 0) is 9.59 Å². The summed E-state index contributed by atoms with van der Waals surface area (Å²) in [5.74, 6) is -3.59. The average molecular weight is 303 g/mol. The van der Waals surface area contributed by atoms with E-state index in [1.54, 1.807) is 0 Å². The summed E-state index contributed by atoms with van der Waals surface area (Å²) in [7, 11) is 0. The maximum absolute atomic E-state index is 10.6. The van der Waals surface area contributed by atoms with Gasteiger partial charge in [0.2, 0.25) is 0 Å². The van der Waals surface area contributed by atoms with Gasteiger partial charge in [-0.1, -0.05) is 24.3 Å². The molecular weight excluding hydrogens is 291 g/mol. The monoisotopic (exact) mass is 303 g/mol. The molecule has 0 bridgehead atoms. The highest BCUT2D eigenvalue weighted by Crippen LogP contribution is 2.13. The molecule has 0 radical (unpaired) electrons. The van der Waals surface area contributed by atoms with Gasteiger partial charge in [-0.2, -0.15) is 13.2 Å². The smallest absolute Gasteiger partial charge is 0.481 e. The van der Waals surface area contributed by atoms with E-state index < -0.39 is 18.1 Å². The first-order chi connectivity index (χ1) is 9.64. The highest BCUT2D eigenvalue weighted by molar-refractivity contribution is 5.80. The third-order valence-corrected chi connectivity index (χ3v) is 1.79. The molecule has 1 aromatic heterocycles. The van der Waals surface area contributed by atoms with Crippen LogP contribution in [0, 0.1) is 0 Å². The first-order valence-corrected chi connectivity index (χ1v) is 5.43. The molecule has 0 unspecified atom stereocenters. The van der Waals surface area contributed by atoms with E-state index in [4.69, 9.17) is 19.8 Å². The predicted molar refractivity (Wildman–Crippen MR) is 68.7 cm³/mol. The number of pyridine rings is 1. The summed E-state index contributed by atoms with van der Waals surface area (Å²) >= 11 is 0. The van der Waals surface area contributed by atoms with Crippen molar-refractivity contribution in [1.82, 2.24) is 4.98 Å². The number of aromatic nitrogens is 1. The Bertz CT molecular complexity index is 530. The molecule has 21 heavy (non-hydrogen) atoms. The maximum Gasteiger partial charge on any atom is 0.490 e. The Balaban J connectivity index is 0.000000321. The Morgan fingerprint density at radius 2 is 1.48 bits per heavy atom. The fourth-order valence-corrected chi connectivity index (χ4v) is 1.03. The number of hydrogen-bond acceptors (Lipinski definition) is 3. The standard InChI is InChI=1S/C9H7N.C2HF3O2.C2H4O2/c1-2-4-9-7-10-6-5-8(9)3-1;3-2(4,5)1(6)7;1-2(3)4/h1-7H;(H,6,7);1H3,(H,3,4). The van der Waals surface area contributed by atoms with Crippen LogP contribution in [-0.4, -0.2) is 33.3 Å². The number of nitrogens with zero attached hydrogens (tertiary/aromatic N) is 1. The number of hydrogen-bond donors (Lipinski definition) is 2. The Morgan fingerprint density at radius 3 is 1.86 bits per heavy atom. The minimum Gasteiger partial charge on any atom is -0.481 e. The lowest BCUT2D eigenvalue weighted by Gasteiger charge is -1.93. The van der Waals surface area contributed by atoms with Crippen molar-refractivity contribution in [2.24, 2.45) is 0 Å². The fourth-order valence-electron chi connectivity index (χ4n) is 1.03. The van der Waals surface area contributed by atoms with Gasteiger partial charge in [0.25, 0.3) is 5.97 Å². The van der Waals surface area contributed by atoms with E-state index in [-0.39, 0.29) is 0 Å². The van der Waals surface area contributed by atoms with E-state index in [1.807, 2.05) is 30.6 Å². The zero-order valence-corrected chi connectivity index (χ0v) is 10.8. The summed E-state index contributed by atoms with van der Waals surface area (Å²) in [5.41, 5.74) is 0. The molecule has 0 aliphatic carbocycles. The number of aliphatic carboxylic acids is 2.